The molecule has 11 heteroatoms. The minimum absolute atomic E-state index is 0.0713. The number of rotatable bonds is 8. The van der Waals surface area contributed by atoms with Gasteiger partial charge in [-0.05, 0) is 18.2 Å². The quantitative estimate of drug-likeness (QED) is 0.522. The van der Waals surface area contributed by atoms with Gasteiger partial charge in [0.25, 0.3) is 0 Å². The largest absolute Gasteiger partial charge is 0.397 e. The lowest BCUT2D eigenvalue weighted by molar-refractivity contribution is -0.0433. The molecule has 21 heavy (non-hydrogen) atoms. The van der Waals surface area contributed by atoms with Crippen LogP contribution in [0.25, 0.3) is 0 Å². The molecule has 0 aliphatic rings. The molecule has 0 radical (unpaired) electrons. The van der Waals surface area contributed by atoms with Crippen LogP contribution >= 0.6 is 0 Å². The molecule has 0 aliphatic carbocycles. The van der Waals surface area contributed by atoms with Gasteiger partial charge in [-0.2, -0.15) is 8.42 Å². The van der Waals surface area contributed by atoms with Crippen molar-refractivity contribution < 1.29 is 35.2 Å². The molecule has 120 valence electrons. The van der Waals surface area contributed by atoms with Crippen LogP contribution in [-0.2, 0) is 34.1 Å². The molecule has 0 unspecified atom stereocenters. The van der Waals surface area contributed by atoms with E-state index in [0.29, 0.717) is 5.69 Å². The predicted octanol–water partition coefficient (Wildman–Crippen LogP) is 0.209. The van der Waals surface area contributed by atoms with E-state index < -0.39 is 32.6 Å². The Hall–Kier alpha value is -1.24. The summed E-state index contributed by atoms with van der Waals surface area (Å²) in [4.78, 5) is 9.65. The summed E-state index contributed by atoms with van der Waals surface area (Å²) in [5.74, 6) is -0.615. The summed E-state index contributed by atoms with van der Waals surface area (Å²) < 4.78 is 57.1. The molecule has 9 nitrogen and oxygen atoms in total. The van der Waals surface area contributed by atoms with Crippen LogP contribution in [0.1, 0.15) is 0 Å². The molecule has 0 spiro atoms. The maximum absolute atomic E-state index is 12.0. The van der Waals surface area contributed by atoms with E-state index in [4.69, 9.17) is 14.2 Å². The summed E-state index contributed by atoms with van der Waals surface area (Å²) in [6.45, 7) is -0.691. The molecular weight excluding hydrogens is 326 g/mol. The number of anilines is 1. The predicted molar refractivity (Wildman–Crippen MR) is 72.5 cm³/mol. The highest BCUT2D eigenvalue weighted by Crippen LogP contribution is 2.20. The molecule has 0 fully saturated rings. The first-order valence-electron chi connectivity index (χ1n) is 5.52. The monoisotopic (exact) mass is 341 g/mol. The van der Waals surface area contributed by atoms with Crippen LogP contribution in [-0.4, -0.2) is 48.0 Å². The van der Waals surface area contributed by atoms with Gasteiger partial charge in [0.1, 0.15) is 0 Å². The second-order valence-corrected chi connectivity index (χ2v) is 6.89. The van der Waals surface area contributed by atoms with Gasteiger partial charge in [-0.1, -0.05) is 6.07 Å². The number of sulfone groups is 1. The third kappa shape index (κ3) is 5.57. The Labute approximate surface area is 122 Å². The van der Waals surface area contributed by atoms with Gasteiger partial charge in [0, 0.05) is 0 Å². The van der Waals surface area contributed by atoms with Crippen LogP contribution in [0, 0.1) is 0 Å². The second kappa shape index (κ2) is 7.15. The van der Waals surface area contributed by atoms with Crippen LogP contribution in [0.5, 0.6) is 0 Å². The molecule has 0 aliphatic heterocycles. The number of nitrogens with zero attached hydrogens (tertiary/aromatic N) is 1. The number of hydrogen-bond acceptors (Lipinski definition) is 8. The molecule has 0 atom stereocenters. The molecular formula is C10H15NO8S2. The summed E-state index contributed by atoms with van der Waals surface area (Å²) in [7, 11) is -5.79. The highest BCUT2D eigenvalue weighted by molar-refractivity contribution is 7.91. The smallest absolute Gasteiger partial charge is 0.264 e. The highest BCUT2D eigenvalue weighted by atomic mass is 32.3. The van der Waals surface area contributed by atoms with Gasteiger partial charge >= 0.3 is 10.4 Å². The molecule has 1 rings (SSSR count). The molecule has 0 bridgehead atoms. The summed E-state index contributed by atoms with van der Waals surface area (Å²) in [5.41, 5.74) is 0.330. The Balaban J connectivity index is 2.91. The molecule has 0 aromatic heterocycles. The Morgan fingerprint density at radius 3 is 2.29 bits per heavy atom. The minimum atomic E-state index is -4.67. The molecule has 0 saturated heterocycles. The fourth-order valence-corrected chi connectivity index (χ4v) is 2.97. The van der Waals surface area contributed by atoms with E-state index in [9.17, 15) is 16.8 Å². The molecule has 0 amide bonds. The Morgan fingerprint density at radius 2 is 1.76 bits per heavy atom. The van der Waals surface area contributed by atoms with Gasteiger partial charge < -0.3 is 0 Å². The van der Waals surface area contributed by atoms with Gasteiger partial charge in [0.15, 0.2) is 9.84 Å². The zero-order valence-electron chi connectivity index (χ0n) is 11.3. The second-order valence-electron chi connectivity index (χ2n) is 3.69. The van der Waals surface area contributed by atoms with Crippen LogP contribution in [0.2, 0.25) is 0 Å². The van der Waals surface area contributed by atoms with Crippen molar-refractivity contribution in [3.63, 3.8) is 0 Å². The fourth-order valence-electron chi connectivity index (χ4n) is 1.44. The van der Waals surface area contributed by atoms with Crippen LogP contribution in [0.4, 0.5) is 5.69 Å². The topological polar surface area (TPSA) is 119 Å². The SMILES string of the molecule is CON(OC)c1cccc(S(=O)(=O)CCOS(=O)(=O)O)c1. The lowest BCUT2D eigenvalue weighted by Crippen LogP contribution is -2.20. The Kier molecular flexibility index (Phi) is 6.07. The first kappa shape index (κ1) is 17.8. The van der Waals surface area contributed by atoms with Gasteiger partial charge in [-0.3, -0.25) is 14.2 Å². The van der Waals surface area contributed by atoms with E-state index in [1.807, 2.05) is 0 Å². The van der Waals surface area contributed by atoms with Crippen LogP contribution in [0.3, 0.4) is 0 Å². The van der Waals surface area contributed by atoms with Crippen molar-refractivity contribution in [1.82, 2.24) is 0 Å². The van der Waals surface area contributed by atoms with Crippen molar-refractivity contribution >= 4 is 25.9 Å². The van der Waals surface area contributed by atoms with Gasteiger partial charge in [0.2, 0.25) is 0 Å². The lowest BCUT2D eigenvalue weighted by atomic mass is 10.3. The fraction of sp³-hybridized carbons (Fsp3) is 0.400. The summed E-state index contributed by atoms with van der Waals surface area (Å²) in [6.07, 6.45) is 0. The van der Waals surface area contributed by atoms with E-state index in [2.05, 4.69) is 4.18 Å². The standard InChI is InChI=1S/C10H15NO8S2/c1-17-11(18-2)9-4-3-5-10(8-9)20(12,13)7-6-19-21(14,15)16/h3-5,8H,6-7H2,1-2H3,(H,14,15,16). The third-order valence-corrected chi connectivity index (χ3v) is 4.44. The molecule has 0 saturated carbocycles. The maximum atomic E-state index is 12.0. The first-order valence-corrected chi connectivity index (χ1v) is 8.54. The molecule has 0 heterocycles. The normalized spacial score (nSPS) is 12.3. The first-order chi connectivity index (χ1) is 9.69. The average Bonchev–Trinajstić information content (AvgIpc) is 2.39. The van der Waals surface area contributed by atoms with E-state index in [1.54, 1.807) is 6.07 Å². The van der Waals surface area contributed by atoms with Crippen LogP contribution < -0.4 is 5.23 Å². The Bertz CT molecular complexity index is 666. The zero-order valence-corrected chi connectivity index (χ0v) is 12.9. The highest BCUT2D eigenvalue weighted by Gasteiger charge is 2.18. The minimum Gasteiger partial charge on any atom is -0.264 e. The van der Waals surface area contributed by atoms with Crippen molar-refractivity contribution in [2.45, 2.75) is 4.90 Å². The zero-order chi connectivity index (χ0) is 16.1. The molecule has 1 aromatic rings. The van der Waals surface area contributed by atoms with Crippen molar-refractivity contribution in [2.75, 3.05) is 31.8 Å². The van der Waals surface area contributed by atoms with Crippen LogP contribution in [0.15, 0.2) is 29.2 Å². The average molecular weight is 341 g/mol. The maximum Gasteiger partial charge on any atom is 0.397 e. The molecule has 1 N–H and O–H groups in total. The van der Waals surface area contributed by atoms with Crippen molar-refractivity contribution in [3.05, 3.63) is 24.3 Å². The van der Waals surface area contributed by atoms with Crippen molar-refractivity contribution in [1.29, 1.82) is 0 Å². The van der Waals surface area contributed by atoms with E-state index in [1.165, 1.54) is 32.4 Å². The summed E-state index contributed by atoms with van der Waals surface area (Å²) in [6, 6.07) is 5.64. The summed E-state index contributed by atoms with van der Waals surface area (Å²) >= 11 is 0. The van der Waals surface area contributed by atoms with Gasteiger partial charge in [0.05, 0.1) is 37.2 Å². The lowest BCUT2D eigenvalue weighted by Gasteiger charge is -2.18. The van der Waals surface area contributed by atoms with Crippen molar-refractivity contribution in [2.24, 2.45) is 0 Å². The number of hydrogen-bond donors (Lipinski definition) is 1. The third-order valence-electron chi connectivity index (χ3n) is 2.30. The summed E-state index contributed by atoms with van der Waals surface area (Å²) in [5, 5.41) is 0.994. The van der Waals surface area contributed by atoms with E-state index >= 15 is 0 Å². The van der Waals surface area contributed by atoms with Gasteiger partial charge in [-0.25, -0.2) is 12.6 Å². The number of benzene rings is 1. The van der Waals surface area contributed by atoms with Gasteiger partial charge in [-0.15, -0.1) is 5.23 Å². The Morgan fingerprint density at radius 1 is 1.14 bits per heavy atom. The molecule has 1 aromatic carbocycles. The van der Waals surface area contributed by atoms with Crippen molar-refractivity contribution in [3.8, 4) is 0 Å². The van der Waals surface area contributed by atoms with E-state index in [0.717, 1.165) is 5.23 Å². The van der Waals surface area contributed by atoms with E-state index in [-0.39, 0.29) is 4.90 Å².